The molecule has 3 rings (SSSR count). The highest BCUT2D eigenvalue weighted by atomic mass is 32.2. The first-order valence-electron chi connectivity index (χ1n) is 11.2. The molecule has 1 heterocycles. The molecule has 0 aromatic heterocycles. The van der Waals surface area contributed by atoms with Crippen LogP contribution in [0.4, 0.5) is 0 Å². The predicted molar refractivity (Wildman–Crippen MR) is 129 cm³/mol. The van der Waals surface area contributed by atoms with E-state index in [2.05, 4.69) is 0 Å². The lowest BCUT2D eigenvalue weighted by Gasteiger charge is -2.37. The van der Waals surface area contributed by atoms with E-state index in [4.69, 9.17) is 18.4 Å². The number of carbonyl (C=O) groups is 1. The summed E-state index contributed by atoms with van der Waals surface area (Å²) in [7, 11) is 1.11. The lowest BCUT2D eigenvalue weighted by molar-refractivity contribution is 0.0712. The molecular formula is C25H33NO7S. The lowest BCUT2D eigenvalue weighted by atomic mass is 9.74. The van der Waals surface area contributed by atoms with E-state index < -0.39 is 15.5 Å². The van der Waals surface area contributed by atoms with Crippen LogP contribution in [0.15, 0.2) is 42.5 Å². The first-order valence-corrected chi connectivity index (χ1v) is 13.0. The molecule has 1 saturated heterocycles. The average molecular weight is 492 g/mol. The minimum absolute atomic E-state index is 0.0177. The number of methoxy groups -OCH3 is 3. The smallest absolute Gasteiger partial charge is 0.264 e. The molecule has 1 atom stereocenters. The van der Waals surface area contributed by atoms with Crippen LogP contribution in [-0.4, -0.2) is 66.5 Å². The Bertz CT molecular complexity index is 1100. The van der Waals surface area contributed by atoms with Crippen molar-refractivity contribution in [3.8, 4) is 17.2 Å². The minimum atomic E-state index is -3.59. The standard InChI is InChI=1S/C25H33NO7S/c1-30-21-10-6-5-9-20(21)24(27)26-15-8-7-13-25(18-26,14-16-33-34(4,28)29)19-11-12-22(31-2)23(17-19)32-3/h5-6,9-12,17H,7-8,13-16,18H2,1-4H3/t25-/m1/s1. The van der Waals surface area contributed by atoms with Crippen LogP contribution in [0.3, 0.4) is 0 Å². The topological polar surface area (TPSA) is 91.4 Å². The molecule has 0 bridgehead atoms. The van der Waals surface area contributed by atoms with Crippen LogP contribution in [0, 0.1) is 0 Å². The molecule has 186 valence electrons. The Balaban J connectivity index is 2.02. The molecule has 0 radical (unpaired) electrons. The molecule has 1 aliphatic heterocycles. The van der Waals surface area contributed by atoms with Crippen molar-refractivity contribution >= 4 is 16.0 Å². The monoisotopic (exact) mass is 491 g/mol. The maximum atomic E-state index is 13.6. The number of carbonyl (C=O) groups excluding carboxylic acids is 1. The van der Waals surface area contributed by atoms with E-state index in [1.807, 2.05) is 35.2 Å². The summed E-state index contributed by atoms with van der Waals surface area (Å²) in [6.45, 7) is 1.02. The largest absolute Gasteiger partial charge is 0.496 e. The number of amides is 1. The van der Waals surface area contributed by atoms with Gasteiger partial charge >= 0.3 is 0 Å². The molecular weight excluding hydrogens is 458 g/mol. The van der Waals surface area contributed by atoms with Gasteiger partial charge in [0.25, 0.3) is 16.0 Å². The van der Waals surface area contributed by atoms with Crippen molar-refractivity contribution in [2.45, 2.75) is 31.1 Å². The van der Waals surface area contributed by atoms with E-state index >= 15 is 0 Å². The average Bonchev–Trinajstić information content (AvgIpc) is 3.06. The molecule has 2 aromatic rings. The van der Waals surface area contributed by atoms with Gasteiger partial charge in [0.2, 0.25) is 0 Å². The molecule has 1 amide bonds. The van der Waals surface area contributed by atoms with Crippen LogP contribution in [0.1, 0.15) is 41.6 Å². The van der Waals surface area contributed by atoms with E-state index in [0.717, 1.165) is 31.1 Å². The highest BCUT2D eigenvalue weighted by Crippen LogP contribution is 2.41. The Hall–Kier alpha value is -2.78. The molecule has 8 nitrogen and oxygen atoms in total. The van der Waals surface area contributed by atoms with Crippen LogP contribution in [0.25, 0.3) is 0 Å². The van der Waals surface area contributed by atoms with Crippen molar-refractivity contribution in [1.82, 2.24) is 4.90 Å². The van der Waals surface area contributed by atoms with Gasteiger partial charge in [0.1, 0.15) is 5.75 Å². The van der Waals surface area contributed by atoms with E-state index in [-0.39, 0.29) is 12.5 Å². The first kappa shape index (κ1) is 25.8. The lowest BCUT2D eigenvalue weighted by Crippen LogP contribution is -2.43. The van der Waals surface area contributed by atoms with Gasteiger partial charge in [-0.25, -0.2) is 0 Å². The SMILES string of the molecule is COc1ccc([C@@]2(CCOS(C)(=O)=O)CCCCN(C(=O)c3ccccc3OC)C2)cc1OC. The molecule has 0 aliphatic carbocycles. The Morgan fingerprint density at radius 3 is 2.35 bits per heavy atom. The second-order valence-electron chi connectivity index (χ2n) is 8.51. The van der Waals surface area contributed by atoms with E-state index in [9.17, 15) is 13.2 Å². The van der Waals surface area contributed by atoms with Gasteiger partial charge in [0.15, 0.2) is 11.5 Å². The van der Waals surface area contributed by atoms with Crippen molar-refractivity contribution < 1.29 is 31.6 Å². The molecule has 1 fully saturated rings. The van der Waals surface area contributed by atoms with Gasteiger partial charge in [-0.1, -0.05) is 24.6 Å². The summed E-state index contributed by atoms with van der Waals surface area (Å²) in [6, 6.07) is 12.9. The zero-order valence-corrected chi connectivity index (χ0v) is 21.0. The molecule has 0 N–H and O–H groups in total. The minimum Gasteiger partial charge on any atom is -0.496 e. The summed E-state index contributed by atoms with van der Waals surface area (Å²) >= 11 is 0. The molecule has 2 aromatic carbocycles. The van der Waals surface area contributed by atoms with Gasteiger partial charge in [-0.3, -0.25) is 8.98 Å². The van der Waals surface area contributed by atoms with Crippen molar-refractivity contribution in [2.24, 2.45) is 0 Å². The van der Waals surface area contributed by atoms with Crippen LogP contribution in [-0.2, 0) is 19.7 Å². The van der Waals surface area contributed by atoms with E-state index in [1.54, 1.807) is 33.5 Å². The molecule has 9 heteroatoms. The molecule has 1 aliphatic rings. The van der Waals surface area contributed by atoms with Gasteiger partial charge in [0, 0.05) is 18.5 Å². The van der Waals surface area contributed by atoms with Gasteiger partial charge in [-0.15, -0.1) is 0 Å². The predicted octanol–water partition coefficient (Wildman–Crippen LogP) is 3.64. The van der Waals surface area contributed by atoms with Gasteiger partial charge in [-0.2, -0.15) is 8.42 Å². The highest BCUT2D eigenvalue weighted by Gasteiger charge is 2.38. The van der Waals surface area contributed by atoms with Crippen LogP contribution < -0.4 is 14.2 Å². The van der Waals surface area contributed by atoms with E-state index in [0.29, 0.717) is 42.3 Å². The summed E-state index contributed by atoms with van der Waals surface area (Å²) in [5.41, 5.74) is 0.917. The maximum absolute atomic E-state index is 13.6. The summed E-state index contributed by atoms with van der Waals surface area (Å²) in [5.74, 6) is 1.58. The Morgan fingerprint density at radius 2 is 1.68 bits per heavy atom. The van der Waals surface area contributed by atoms with Gasteiger partial charge in [0.05, 0.1) is 39.8 Å². The third-order valence-corrected chi connectivity index (χ3v) is 6.92. The molecule has 0 saturated carbocycles. The fourth-order valence-corrected chi connectivity index (χ4v) is 4.98. The zero-order valence-electron chi connectivity index (χ0n) is 20.2. The normalized spacial score (nSPS) is 18.8. The second kappa shape index (κ2) is 11.1. The van der Waals surface area contributed by atoms with Crippen molar-refractivity contribution in [2.75, 3.05) is 47.3 Å². The number of benzene rings is 2. The molecule has 0 spiro atoms. The van der Waals surface area contributed by atoms with Crippen molar-refractivity contribution in [3.05, 3.63) is 53.6 Å². The third-order valence-electron chi connectivity index (χ3n) is 6.33. The summed E-state index contributed by atoms with van der Waals surface area (Å²) in [4.78, 5) is 15.4. The Morgan fingerprint density at radius 1 is 0.971 bits per heavy atom. The van der Waals surface area contributed by atoms with Gasteiger partial charge in [-0.05, 0) is 49.1 Å². The third kappa shape index (κ3) is 6.01. The Kier molecular flexibility index (Phi) is 8.43. The fourth-order valence-electron chi connectivity index (χ4n) is 4.59. The molecule has 0 unspecified atom stereocenters. The number of nitrogens with zero attached hydrogens (tertiary/aromatic N) is 1. The quantitative estimate of drug-likeness (QED) is 0.495. The Labute approximate surface area is 201 Å². The summed E-state index contributed by atoms with van der Waals surface area (Å²) in [5, 5.41) is 0. The maximum Gasteiger partial charge on any atom is 0.264 e. The number of para-hydroxylation sites is 1. The van der Waals surface area contributed by atoms with Gasteiger partial charge < -0.3 is 19.1 Å². The second-order valence-corrected chi connectivity index (χ2v) is 10.2. The van der Waals surface area contributed by atoms with Crippen LogP contribution >= 0.6 is 0 Å². The molecule has 34 heavy (non-hydrogen) atoms. The van der Waals surface area contributed by atoms with Crippen LogP contribution in [0.5, 0.6) is 17.2 Å². The number of likely N-dealkylation sites (tertiary alicyclic amines) is 1. The number of hydrogen-bond acceptors (Lipinski definition) is 7. The highest BCUT2D eigenvalue weighted by molar-refractivity contribution is 7.85. The van der Waals surface area contributed by atoms with Crippen molar-refractivity contribution in [3.63, 3.8) is 0 Å². The van der Waals surface area contributed by atoms with E-state index in [1.165, 1.54) is 0 Å². The summed E-state index contributed by atoms with van der Waals surface area (Å²) < 4.78 is 44.8. The number of ether oxygens (including phenoxy) is 3. The van der Waals surface area contributed by atoms with Crippen LogP contribution in [0.2, 0.25) is 0 Å². The van der Waals surface area contributed by atoms with Crippen molar-refractivity contribution in [1.29, 1.82) is 0 Å². The number of rotatable bonds is 9. The number of hydrogen-bond donors (Lipinski definition) is 0. The first-order chi connectivity index (χ1) is 16.2. The zero-order chi connectivity index (χ0) is 24.8. The fraction of sp³-hybridized carbons (Fsp3) is 0.480. The summed E-state index contributed by atoms with van der Waals surface area (Å²) in [6.07, 6.45) is 3.95.